The summed E-state index contributed by atoms with van der Waals surface area (Å²) in [5.41, 5.74) is 0. The molecule has 2 rings (SSSR count). The minimum Gasteiger partial charge on any atom is -0.0622 e. The molecule has 0 N–H and O–H groups in total. The van der Waals surface area contributed by atoms with Gasteiger partial charge in [0.1, 0.15) is 0 Å². The molecule has 2 saturated carbocycles. The van der Waals surface area contributed by atoms with Gasteiger partial charge >= 0.3 is 0 Å². The molecule has 0 spiro atoms. The molecule has 70 valence electrons. The molecule has 2 aliphatic rings. The van der Waals surface area contributed by atoms with Gasteiger partial charge in [-0.2, -0.15) is 0 Å². The van der Waals surface area contributed by atoms with Crippen LogP contribution in [0.3, 0.4) is 0 Å². The quantitative estimate of drug-likeness (QED) is 0.516. The first kappa shape index (κ1) is 8.59. The Morgan fingerprint density at radius 1 is 0.750 bits per heavy atom. The van der Waals surface area contributed by atoms with Gasteiger partial charge < -0.3 is 0 Å². The summed E-state index contributed by atoms with van der Waals surface area (Å²) >= 11 is 0. The van der Waals surface area contributed by atoms with E-state index in [9.17, 15) is 0 Å². The van der Waals surface area contributed by atoms with Crippen LogP contribution in [0.4, 0.5) is 0 Å². The fourth-order valence-electron chi connectivity index (χ4n) is 4.00. The van der Waals surface area contributed by atoms with E-state index in [0.29, 0.717) is 0 Å². The van der Waals surface area contributed by atoms with Gasteiger partial charge in [0.05, 0.1) is 0 Å². The lowest BCUT2D eigenvalue weighted by atomic mass is 9.84. The Hall–Kier alpha value is 0. The van der Waals surface area contributed by atoms with Gasteiger partial charge in [0.25, 0.3) is 0 Å². The third kappa shape index (κ3) is 0.963. The minimum absolute atomic E-state index is 0.975. The predicted octanol–water partition coefficient (Wildman–Crippen LogP) is 3.57. The standard InChI is InChI=1S/C12H22/c1-7-5-6-11-9(3)8(2)10(4)12(7)11/h7-12H,5-6H2,1-4H3. The summed E-state index contributed by atoms with van der Waals surface area (Å²) in [6.07, 6.45) is 3.01. The SMILES string of the molecule is CC1CCC2C(C)C(C)C(C)C12. The Morgan fingerprint density at radius 2 is 1.42 bits per heavy atom. The van der Waals surface area contributed by atoms with Crippen LogP contribution in [0, 0.1) is 35.5 Å². The largest absolute Gasteiger partial charge is 0.0622 e. The van der Waals surface area contributed by atoms with Crippen molar-refractivity contribution in [2.24, 2.45) is 35.5 Å². The molecule has 0 aliphatic heterocycles. The maximum absolute atomic E-state index is 2.48. The van der Waals surface area contributed by atoms with Crippen LogP contribution in [0.25, 0.3) is 0 Å². The van der Waals surface area contributed by atoms with Crippen molar-refractivity contribution < 1.29 is 0 Å². The third-order valence-corrected chi connectivity index (χ3v) is 5.05. The van der Waals surface area contributed by atoms with Crippen molar-refractivity contribution in [3.63, 3.8) is 0 Å². The van der Waals surface area contributed by atoms with Crippen LogP contribution in [0.2, 0.25) is 0 Å². The maximum atomic E-state index is 2.48. The van der Waals surface area contributed by atoms with Crippen molar-refractivity contribution in [1.82, 2.24) is 0 Å². The first-order valence-corrected chi connectivity index (χ1v) is 5.63. The maximum Gasteiger partial charge on any atom is -0.0329 e. The van der Waals surface area contributed by atoms with E-state index in [0.717, 1.165) is 35.5 Å². The van der Waals surface area contributed by atoms with E-state index in [1.54, 1.807) is 0 Å². The fraction of sp³-hybridized carbons (Fsp3) is 1.00. The Balaban J connectivity index is 2.20. The lowest BCUT2D eigenvalue weighted by Crippen LogP contribution is -2.15. The van der Waals surface area contributed by atoms with Gasteiger partial charge in [0, 0.05) is 0 Å². The zero-order valence-corrected chi connectivity index (χ0v) is 8.88. The van der Waals surface area contributed by atoms with Gasteiger partial charge in [-0.25, -0.2) is 0 Å². The van der Waals surface area contributed by atoms with E-state index in [4.69, 9.17) is 0 Å². The molecule has 0 radical (unpaired) electrons. The summed E-state index contributed by atoms with van der Waals surface area (Å²) in [5, 5.41) is 0. The van der Waals surface area contributed by atoms with Gasteiger partial charge in [0.2, 0.25) is 0 Å². The summed E-state index contributed by atoms with van der Waals surface area (Å²) in [5.74, 6) is 6.11. The molecule has 2 fully saturated rings. The van der Waals surface area contributed by atoms with Crippen LogP contribution in [-0.4, -0.2) is 0 Å². The summed E-state index contributed by atoms with van der Waals surface area (Å²) in [6, 6.07) is 0. The van der Waals surface area contributed by atoms with Crippen LogP contribution in [-0.2, 0) is 0 Å². The highest BCUT2D eigenvalue weighted by Crippen LogP contribution is 2.55. The van der Waals surface area contributed by atoms with Crippen molar-refractivity contribution in [1.29, 1.82) is 0 Å². The van der Waals surface area contributed by atoms with Gasteiger partial charge in [-0.1, -0.05) is 34.1 Å². The molecule has 0 aromatic rings. The van der Waals surface area contributed by atoms with Gasteiger partial charge in [-0.15, -0.1) is 0 Å². The zero-order valence-electron chi connectivity index (χ0n) is 8.88. The van der Waals surface area contributed by atoms with E-state index in [2.05, 4.69) is 27.7 Å². The molecule has 0 heteroatoms. The second-order valence-electron chi connectivity index (χ2n) is 5.37. The van der Waals surface area contributed by atoms with Crippen molar-refractivity contribution >= 4 is 0 Å². The molecule has 6 atom stereocenters. The molecule has 0 amide bonds. The van der Waals surface area contributed by atoms with E-state index in [-0.39, 0.29) is 0 Å². The summed E-state index contributed by atoms with van der Waals surface area (Å²) < 4.78 is 0. The second kappa shape index (κ2) is 2.75. The van der Waals surface area contributed by atoms with Crippen molar-refractivity contribution in [2.75, 3.05) is 0 Å². The van der Waals surface area contributed by atoms with Gasteiger partial charge in [0.15, 0.2) is 0 Å². The van der Waals surface area contributed by atoms with Crippen LogP contribution < -0.4 is 0 Å². The normalized spacial score (nSPS) is 59.0. The van der Waals surface area contributed by atoms with Crippen LogP contribution >= 0.6 is 0 Å². The molecule has 0 aromatic carbocycles. The molecular weight excluding hydrogens is 144 g/mol. The predicted molar refractivity (Wildman–Crippen MR) is 52.9 cm³/mol. The van der Waals surface area contributed by atoms with E-state index in [1.807, 2.05) is 0 Å². The zero-order chi connectivity index (χ0) is 8.88. The fourth-order valence-corrected chi connectivity index (χ4v) is 4.00. The van der Waals surface area contributed by atoms with Crippen LogP contribution in [0.5, 0.6) is 0 Å². The Kier molecular flexibility index (Phi) is 1.97. The van der Waals surface area contributed by atoms with Gasteiger partial charge in [-0.05, 0) is 41.9 Å². The number of hydrogen-bond donors (Lipinski definition) is 0. The molecule has 0 saturated heterocycles. The van der Waals surface area contributed by atoms with E-state index >= 15 is 0 Å². The highest BCUT2D eigenvalue weighted by Gasteiger charge is 2.48. The molecule has 12 heavy (non-hydrogen) atoms. The number of hydrogen-bond acceptors (Lipinski definition) is 0. The lowest BCUT2D eigenvalue weighted by Gasteiger charge is -2.21. The molecular formula is C12H22. The van der Waals surface area contributed by atoms with Crippen LogP contribution in [0.15, 0.2) is 0 Å². The van der Waals surface area contributed by atoms with E-state index in [1.165, 1.54) is 12.8 Å². The van der Waals surface area contributed by atoms with Crippen molar-refractivity contribution in [2.45, 2.75) is 40.5 Å². The average molecular weight is 166 g/mol. The Morgan fingerprint density at radius 3 is 2.00 bits per heavy atom. The summed E-state index contributed by atoms with van der Waals surface area (Å²) in [4.78, 5) is 0. The molecule has 6 unspecified atom stereocenters. The molecule has 0 heterocycles. The molecule has 2 aliphatic carbocycles. The average Bonchev–Trinajstić information content (AvgIpc) is 2.51. The third-order valence-electron chi connectivity index (χ3n) is 5.05. The molecule has 0 bridgehead atoms. The minimum atomic E-state index is 0.975. The van der Waals surface area contributed by atoms with Gasteiger partial charge in [-0.3, -0.25) is 0 Å². The highest BCUT2D eigenvalue weighted by atomic mass is 14.5. The molecule has 0 nitrogen and oxygen atoms in total. The Labute approximate surface area is 76.7 Å². The van der Waals surface area contributed by atoms with E-state index < -0.39 is 0 Å². The topological polar surface area (TPSA) is 0 Å². The summed E-state index contributed by atoms with van der Waals surface area (Å²) in [6.45, 7) is 9.88. The number of rotatable bonds is 0. The number of fused-ring (bicyclic) bond motifs is 1. The van der Waals surface area contributed by atoms with Crippen LogP contribution in [0.1, 0.15) is 40.5 Å². The first-order valence-electron chi connectivity index (χ1n) is 5.63. The first-order chi connectivity index (χ1) is 5.63. The Bertz CT molecular complexity index is 173. The molecule has 0 aromatic heterocycles. The smallest absolute Gasteiger partial charge is 0.0329 e. The monoisotopic (exact) mass is 166 g/mol. The van der Waals surface area contributed by atoms with Crippen molar-refractivity contribution in [3.05, 3.63) is 0 Å². The lowest BCUT2D eigenvalue weighted by molar-refractivity contribution is 0.276. The van der Waals surface area contributed by atoms with Crippen molar-refractivity contribution in [3.8, 4) is 0 Å². The summed E-state index contributed by atoms with van der Waals surface area (Å²) in [7, 11) is 0. The highest BCUT2D eigenvalue weighted by molar-refractivity contribution is 4.97. The second-order valence-corrected chi connectivity index (χ2v) is 5.37.